The van der Waals surface area contributed by atoms with E-state index in [0.29, 0.717) is 37.3 Å². The predicted octanol–water partition coefficient (Wildman–Crippen LogP) is 2.38. The summed E-state index contributed by atoms with van der Waals surface area (Å²) in [4.78, 5) is 19.3. The van der Waals surface area contributed by atoms with Gasteiger partial charge in [-0.3, -0.25) is 9.78 Å². The molecule has 3 heterocycles. The van der Waals surface area contributed by atoms with Crippen molar-refractivity contribution in [2.75, 3.05) is 26.2 Å². The Morgan fingerprint density at radius 2 is 1.86 bits per heavy atom. The van der Waals surface area contributed by atoms with Crippen LogP contribution in [-0.4, -0.2) is 59.8 Å². The topological polar surface area (TPSA) is 96.6 Å². The number of rotatable bonds is 3. The molecule has 0 aliphatic carbocycles. The second-order valence-corrected chi connectivity index (χ2v) is 8.95. The summed E-state index contributed by atoms with van der Waals surface area (Å²) in [6.45, 7) is 4.58. The third-order valence-electron chi connectivity index (χ3n) is 5.19. The SMILES string of the molecule is Cc1noc(C)c1S(=O)(=O)N1CCCN(C(=O)c2ccnc3ccccc23)CC1. The van der Waals surface area contributed by atoms with Crippen LogP contribution in [0.15, 0.2) is 45.9 Å². The van der Waals surface area contributed by atoms with Crippen LogP contribution in [-0.2, 0) is 10.0 Å². The second-order valence-electron chi connectivity index (χ2n) is 7.08. The minimum absolute atomic E-state index is 0.111. The summed E-state index contributed by atoms with van der Waals surface area (Å²) in [6.07, 6.45) is 2.18. The smallest absolute Gasteiger partial charge is 0.254 e. The number of aromatic nitrogens is 2. The minimum atomic E-state index is -3.72. The van der Waals surface area contributed by atoms with Crippen LogP contribution >= 0.6 is 0 Å². The molecule has 1 fully saturated rings. The van der Waals surface area contributed by atoms with Crippen LogP contribution in [0.1, 0.15) is 28.2 Å². The van der Waals surface area contributed by atoms with Gasteiger partial charge in [-0.15, -0.1) is 0 Å². The first-order chi connectivity index (χ1) is 13.9. The maximum absolute atomic E-state index is 13.2. The molecule has 0 saturated carbocycles. The van der Waals surface area contributed by atoms with E-state index in [4.69, 9.17) is 4.52 Å². The van der Waals surface area contributed by atoms with E-state index < -0.39 is 10.0 Å². The van der Waals surface area contributed by atoms with Crippen molar-refractivity contribution in [3.8, 4) is 0 Å². The molecule has 1 saturated heterocycles. The fraction of sp³-hybridized carbons (Fsp3) is 0.350. The van der Waals surface area contributed by atoms with Crippen LogP contribution in [0.25, 0.3) is 10.9 Å². The van der Waals surface area contributed by atoms with Gasteiger partial charge in [0, 0.05) is 37.8 Å². The summed E-state index contributed by atoms with van der Waals surface area (Å²) < 4.78 is 32.6. The number of pyridine rings is 1. The van der Waals surface area contributed by atoms with Crippen LogP contribution in [0.4, 0.5) is 0 Å². The van der Waals surface area contributed by atoms with E-state index in [-0.39, 0.29) is 23.1 Å². The summed E-state index contributed by atoms with van der Waals surface area (Å²) >= 11 is 0. The van der Waals surface area contributed by atoms with Gasteiger partial charge in [-0.05, 0) is 32.4 Å². The molecule has 0 atom stereocenters. The molecule has 1 aromatic carbocycles. The molecule has 0 bridgehead atoms. The Balaban J connectivity index is 1.57. The number of aryl methyl sites for hydroxylation is 2. The largest absolute Gasteiger partial charge is 0.360 e. The number of sulfonamides is 1. The van der Waals surface area contributed by atoms with Gasteiger partial charge in [-0.25, -0.2) is 8.42 Å². The molecule has 0 unspecified atom stereocenters. The lowest BCUT2D eigenvalue weighted by atomic mass is 10.1. The highest BCUT2D eigenvalue weighted by molar-refractivity contribution is 7.89. The first-order valence-electron chi connectivity index (χ1n) is 9.45. The van der Waals surface area contributed by atoms with Crippen molar-refractivity contribution in [1.29, 1.82) is 0 Å². The van der Waals surface area contributed by atoms with Crippen molar-refractivity contribution >= 4 is 26.8 Å². The van der Waals surface area contributed by atoms with Gasteiger partial charge in [0.25, 0.3) is 5.91 Å². The Morgan fingerprint density at radius 1 is 1.07 bits per heavy atom. The van der Waals surface area contributed by atoms with Crippen molar-refractivity contribution in [3.63, 3.8) is 0 Å². The van der Waals surface area contributed by atoms with E-state index in [1.165, 1.54) is 4.31 Å². The molecule has 8 nitrogen and oxygen atoms in total. The number of carbonyl (C=O) groups excluding carboxylic acids is 1. The Kier molecular flexibility index (Phi) is 5.10. The zero-order valence-corrected chi connectivity index (χ0v) is 17.1. The highest BCUT2D eigenvalue weighted by Crippen LogP contribution is 2.25. The standard InChI is InChI=1S/C20H22N4O4S/c1-14-19(15(2)28-22-14)29(26,27)24-11-5-10-23(12-13-24)20(25)17-8-9-21-18-7-4-3-6-16(17)18/h3-4,6-9H,5,10-13H2,1-2H3. The molecule has 152 valence electrons. The molecule has 3 aromatic rings. The number of nitrogens with zero attached hydrogens (tertiary/aromatic N) is 4. The van der Waals surface area contributed by atoms with Crippen LogP contribution in [0.5, 0.6) is 0 Å². The normalized spacial score (nSPS) is 16.1. The summed E-state index contributed by atoms with van der Waals surface area (Å²) in [7, 11) is -3.72. The molecule has 0 spiro atoms. The maximum Gasteiger partial charge on any atom is 0.254 e. The lowest BCUT2D eigenvalue weighted by Gasteiger charge is -2.22. The number of para-hydroxylation sites is 1. The highest BCUT2D eigenvalue weighted by atomic mass is 32.2. The molecule has 1 aliphatic rings. The summed E-state index contributed by atoms with van der Waals surface area (Å²) in [5, 5.41) is 4.56. The Labute approximate surface area is 169 Å². The van der Waals surface area contributed by atoms with Gasteiger partial charge in [0.2, 0.25) is 10.0 Å². The summed E-state index contributed by atoms with van der Waals surface area (Å²) in [6, 6.07) is 9.22. The number of fused-ring (bicyclic) bond motifs is 1. The second kappa shape index (κ2) is 7.57. The number of carbonyl (C=O) groups is 1. The zero-order chi connectivity index (χ0) is 20.6. The van der Waals surface area contributed by atoms with Crippen LogP contribution in [0.3, 0.4) is 0 Å². The van der Waals surface area contributed by atoms with E-state index in [1.54, 1.807) is 31.0 Å². The maximum atomic E-state index is 13.2. The van der Waals surface area contributed by atoms with E-state index >= 15 is 0 Å². The van der Waals surface area contributed by atoms with Crippen molar-refractivity contribution < 1.29 is 17.7 Å². The highest BCUT2D eigenvalue weighted by Gasteiger charge is 2.33. The molecule has 0 N–H and O–H groups in total. The number of amides is 1. The van der Waals surface area contributed by atoms with Crippen molar-refractivity contribution in [2.45, 2.75) is 25.2 Å². The van der Waals surface area contributed by atoms with Crippen molar-refractivity contribution in [2.24, 2.45) is 0 Å². The molecule has 0 radical (unpaired) electrons. The molecular weight excluding hydrogens is 392 g/mol. The molecular formula is C20H22N4O4S. The van der Waals surface area contributed by atoms with Gasteiger partial charge in [-0.2, -0.15) is 4.31 Å². The fourth-order valence-electron chi connectivity index (χ4n) is 3.76. The number of benzene rings is 1. The zero-order valence-electron chi connectivity index (χ0n) is 16.3. The van der Waals surface area contributed by atoms with E-state index in [0.717, 1.165) is 10.9 Å². The monoisotopic (exact) mass is 414 g/mol. The minimum Gasteiger partial charge on any atom is -0.360 e. The quantitative estimate of drug-likeness (QED) is 0.653. The van der Waals surface area contributed by atoms with E-state index in [9.17, 15) is 13.2 Å². The van der Waals surface area contributed by atoms with Crippen molar-refractivity contribution in [1.82, 2.24) is 19.3 Å². The Bertz CT molecular complexity index is 1150. The van der Waals surface area contributed by atoms with E-state index in [1.807, 2.05) is 24.3 Å². The van der Waals surface area contributed by atoms with E-state index in [2.05, 4.69) is 10.1 Å². The molecule has 2 aromatic heterocycles. The predicted molar refractivity (Wildman–Crippen MR) is 107 cm³/mol. The van der Waals surface area contributed by atoms with Gasteiger partial charge in [-0.1, -0.05) is 23.4 Å². The number of hydrogen-bond donors (Lipinski definition) is 0. The van der Waals surface area contributed by atoms with Gasteiger partial charge in [0.15, 0.2) is 5.76 Å². The Morgan fingerprint density at radius 3 is 2.62 bits per heavy atom. The van der Waals surface area contributed by atoms with Crippen LogP contribution < -0.4 is 0 Å². The van der Waals surface area contributed by atoms with Crippen LogP contribution in [0, 0.1) is 13.8 Å². The van der Waals surface area contributed by atoms with Crippen LogP contribution in [0.2, 0.25) is 0 Å². The molecule has 1 amide bonds. The van der Waals surface area contributed by atoms with Crippen molar-refractivity contribution in [3.05, 3.63) is 53.5 Å². The lowest BCUT2D eigenvalue weighted by molar-refractivity contribution is 0.0766. The molecule has 4 rings (SSSR count). The summed E-state index contributed by atoms with van der Waals surface area (Å²) in [5.74, 6) is 0.170. The molecule has 29 heavy (non-hydrogen) atoms. The molecule has 9 heteroatoms. The van der Waals surface area contributed by atoms with Gasteiger partial charge < -0.3 is 9.42 Å². The summed E-state index contributed by atoms with van der Waals surface area (Å²) in [5.41, 5.74) is 1.69. The fourth-order valence-corrected chi connectivity index (χ4v) is 5.52. The third-order valence-corrected chi connectivity index (χ3v) is 7.33. The Hall–Kier alpha value is -2.78. The average molecular weight is 414 g/mol. The number of hydrogen-bond acceptors (Lipinski definition) is 6. The lowest BCUT2D eigenvalue weighted by Crippen LogP contribution is -2.37. The molecule has 1 aliphatic heterocycles. The first kappa shape index (κ1) is 19.5. The first-order valence-corrected chi connectivity index (χ1v) is 10.9. The average Bonchev–Trinajstić information content (AvgIpc) is 2.92. The third kappa shape index (κ3) is 3.51. The van der Waals surface area contributed by atoms with Gasteiger partial charge in [0.05, 0.1) is 11.1 Å². The van der Waals surface area contributed by atoms with Gasteiger partial charge in [0.1, 0.15) is 10.6 Å². The van der Waals surface area contributed by atoms with Gasteiger partial charge >= 0.3 is 0 Å².